The molecule has 0 amide bonds. The number of hydrogen-bond donors (Lipinski definition) is 1. The normalized spacial score (nSPS) is 26.1. The number of aryl methyl sites for hydroxylation is 1. The predicted molar refractivity (Wildman–Crippen MR) is 146 cm³/mol. The van der Waals surface area contributed by atoms with Crippen LogP contribution in [0.1, 0.15) is 60.5 Å². The third-order valence-corrected chi connectivity index (χ3v) is 9.61. The quantitative estimate of drug-likeness (QED) is 0.343. The fourth-order valence-electron chi connectivity index (χ4n) is 6.80. The van der Waals surface area contributed by atoms with Crippen molar-refractivity contribution in [3.8, 4) is 11.3 Å². The van der Waals surface area contributed by atoms with Crippen LogP contribution < -0.4 is 4.90 Å². The average Bonchev–Trinajstić information content (AvgIpc) is 3.36. The molecule has 2 heterocycles. The van der Waals surface area contributed by atoms with Crippen molar-refractivity contribution in [1.82, 2.24) is 5.16 Å². The molecule has 4 aliphatic rings. The fraction of sp³-hybridized carbons (Fsp3) is 0.467. The molecule has 1 aliphatic heterocycles. The zero-order chi connectivity index (χ0) is 26.0. The summed E-state index contributed by atoms with van der Waals surface area (Å²) in [5.41, 5.74) is 6.15. The molecule has 8 heteroatoms. The first-order chi connectivity index (χ1) is 18.5. The van der Waals surface area contributed by atoms with E-state index in [1.165, 1.54) is 16.8 Å². The van der Waals surface area contributed by atoms with Crippen molar-refractivity contribution in [2.24, 2.45) is 11.8 Å². The van der Waals surface area contributed by atoms with E-state index >= 15 is 0 Å². The van der Waals surface area contributed by atoms with E-state index in [1.807, 2.05) is 18.2 Å². The molecule has 3 aliphatic carbocycles. The highest BCUT2D eigenvalue weighted by Crippen LogP contribution is 2.47. The Kier molecular flexibility index (Phi) is 6.18. The second kappa shape index (κ2) is 9.58. The topological polar surface area (TPSA) is 75.8 Å². The Morgan fingerprint density at radius 3 is 2.63 bits per heavy atom. The van der Waals surface area contributed by atoms with Crippen LogP contribution in [0, 0.1) is 11.8 Å². The van der Waals surface area contributed by atoms with Crippen molar-refractivity contribution < 1.29 is 19.2 Å². The van der Waals surface area contributed by atoms with E-state index in [4.69, 9.17) is 32.5 Å². The summed E-state index contributed by atoms with van der Waals surface area (Å²) in [7, 11) is 0. The van der Waals surface area contributed by atoms with Crippen molar-refractivity contribution in [3.05, 3.63) is 68.9 Å². The number of nitrogens with zero attached hydrogens (tertiary/aromatic N) is 2. The molecule has 0 unspecified atom stereocenters. The summed E-state index contributed by atoms with van der Waals surface area (Å²) in [4.78, 5) is 13.9. The number of carboxylic acid groups (broad SMARTS) is 1. The van der Waals surface area contributed by atoms with Gasteiger partial charge in [-0.1, -0.05) is 40.5 Å². The lowest BCUT2D eigenvalue weighted by Gasteiger charge is -2.34. The van der Waals surface area contributed by atoms with Crippen LogP contribution in [0.4, 0.5) is 5.69 Å². The first-order valence-electron chi connectivity index (χ1n) is 13.6. The number of anilines is 1. The number of halogens is 2. The molecule has 38 heavy (non-hydrogen) atoms. The lowest BCUT2D eigenvalue weighted by molar-refractivity contribution is -0.142. The molecule has 4 atom stereocenters. The third-order valence-electron chi connectivity index (χ3n) is 8.98. The van der Waals surface area contributed by atoms with Gasteiger partial charge in [0.25, 0.3) is 0 Å². The smallest absolute Gasteiger partial charge is 0.306 e. The summed E-state index contributed by atoms with van der Waals surface area (Å²) < 4.78 is 12.4. The summed E-state index contributed by atoms with van der Waals surface area (Å²) in [6, 6.07) is 12.6. The SMILES string of the molecule is O=C(O)[C@@H]1CCc2cc(N3C[C@@H]4C[C@H]3C[C@H]4OCc3c(-c4c(Cl)cccc4Cl)noc3C3CC3)ccc2C1. The van der Waals surface area contributed by atoms with Crippen molar-refractivity contribution in [2.75, 3.05) is 11.4 Å². The van der Waals surface area contributed by atoms with E-state index in [0.29, 0.717) is 52.2 Å². The van der Waals surface area contributed by atoms with Crippen LogP contribution in [0.3, 0.4) is 0 Å². The van der Waals surface area contributed by atoms with Crippen LogP contribution in [0.25, 0.3) is 11.3 Å². The number of fused-ring (bicyclic) bond motifs is 3. The minimum Gasteiger partial charge on any atom is -0.481 e. The number of carbonyl (C=O) groups is 1. The Bertz CT molecular complexity index is 1380. The van der Waals surface area contributed by atoms with Gasteiger partial charge in [-0.25, -0.2) is 0 Å². The molecule has 2 bridgehead atoms. The maximum Gasteiger partial charge on any atom is 0.306 e. The second-order valence-corrected chi connectivity index (χ2v) is 12.2. The molecule has 6 nitrogen and oxygen atoms in total. The van der Waals surface area contributed by atoms with Gasteiger partial charge in [-0.15, -0.1) is 0 Å². The maximum atomic E-state index is 11.4. The van der Waals surface area contributed by atoms with Crippen molar-refractivity contribution >= 4 is 34.9 Å². The van der Waals surface area contributed by atoms with Crippen LogP contribution in [0.2, 0.25) is 10.0 Å². The predicted octanol–water partition coefficient (Wildman–Crippen LogP) is 6.90. The van der Waals surface area contributed by atoms with Crippen molar-refractivity contribution in [3.63, 3.8) is 0 Å². The van der Waals surface area contributed by atoms with E-state index in [9.17, 15) is 9.90 Å². The van der Waals surface area contributed by atoms with Gasteiger partial charge in [0.1, 0.15) is 11.5 Å². The monoisotopic (exact) mass is 552 g/mol. The standard InChI is InChI=1S/C30H30Cl2N2O4/c31-24-2-1-3-25(32)27(24)28-23(29(38-33-28)16-4-5-16)15-37-26-13-22-12-20(26)14-34(22)21-9-8-17-10-19(30(35)36)7-6-18(17)11-21/h1-3,8-9,11,16,19-20,22,26H,4-7,10,12-15H2,(H,35,36)/t19-,20+,22+,26-/m1/s1. The summed E-state index contributed by atoms with van der Waals surface area (Å²) in [6.07, 6.45) is 6.74. The molecule has 2 saturated carbocycles. The van der Waals surface area contributed by atoms with Crippen LogP contribution >= 0.6 is 23.2 Å². The molecule has 1 saturated heterocycles. The van der Waals surface area contributed by atoms with Gasteiger partial charge in [-0.2, -0.15) is 0 Å². The van der Waals surface area contributed by atoms with E-state index in [1.54, 1.807) is 0 Å². The molecular formula is C30H30Cl2N2O4. The number of carboxylic acids is 1. The molecule has 0 spiro atoms. The highest BCUT2D eigenvalue weighted by atomic mass is 35.5. The number of aliphatic carboxylic acids is 1. The molecule has 198 valence electrons. The Labute approximate surface area is 231 Å². The van der Waals surface area contributed by atoms with E-state index < -0.39 is 5.97 Å². The number of ether oxygens (including phenoxy) is 1. The van der Waals surface area contributed by atoms with Gasteiger partial charge >= 0.3 is 5.97 Å². The molecule has 0 radical (unpaired) electrons. The van der Waals surface area contributed by atoms with Crippen LogP contribution in [0.5, 0.6) is 0 Å². The van der Waals surface area contributed by atoms with Crippen LogP contribution in [-0.4, -0.2) is 34.9 Å². The zero-order valence-corrected chi connectivity index (χ0v) is 22.5. The molecule has 7 rings (SSSR count). The van der Waals surface area contributed by atoms with Crippen molar-refractivity contribution in [1.29, 1.82) is 0 Å². The van der Waals surface area contributed by atoms with Crippen LogP contribution in [0.15, 0.2) is 40.9 Å². The Morgan fingerprint density at radius 2 is 1.92 bits per heavy atom. The fourth-order valence-corrected chi connectivity index (χ4v) is 7.37. The summed E-state index contributed by atoms with van der Waals surface area (Å²) in [6.45, 7) is 1.43. The Balaban J connectivity index is 1.05. The molecule has 2 aromatic carbocycles. The maximum absolute atomic E-state index is 11.4. The summed E-state index contributed by atoms with van der Waals surface area (Å²) >= 11 is 13.0. The van der Waals surface area contributed by atoms with Gasteiger partial charge in [0, 0.05) is 41.2 Å². The van der Waals surface area contributed by atoms with Gasteiger partial charge in [0.05, 0.1) is 28.7 Å². The zero-order valence-electron chi connectivity index (χ0n) is 21.0. The van der Waals surface area contributed by atoms with E-state index in [2.05, 4.69) is 28.3 Å². The number of aromatic nitrogens is 1. The number of benzene rings is 2. The molecular weight excluding hydrogens is 523 g/mol. The minimum atomic E-state index is -0.680. The number of hydrogen-bond acceptors (Lipinski definition) is 5. The van der Waals surface area contributed by atoms with Gasteiger partial charge in [0.2, 0.25) is 0 Å². The molecule has 1 aromatic heterocycles. The van der Waals surface area contributed by atoms with E-state index in [-0.39, 0.29) is 12.0 Å². The first kappa shape index (κ1) is 24.5. The largest absolute Gasteiger partial charge is 0.481 e. The highest BCUT2D eigenvalue weighted by molar-refractivity contribution is 6.39. The number of piperidine rings is 1. The average molecular weight is 553 g/mol. The van der Waals surface area contributed by atoms with E-state index in [0.717, 1.165) is 56.4 Å². The van der Waals surface area contributed by atoms with Gasteiger partial charge in [-0.05, 0) is 80.3 Å². The van der Waals surface area contributed by atoms with Crippen LogP contribution in [-0.2, 0) is 29.0 Å². The second-order valence-electron chi connectivity index (χ2n) is 11.4. The van der Waals surface area contributed by atoms with Crippen molar-refractivity contribution in [2.45, 2.75) is 69.6 Å². The summed E-state index contributed by atoms with van der Waals surface area (Å²) in [5.74, 6) is 0.861. The van der Waals surface area contributed by atoms with Gasteiger partial charge in [0.15, 0.2) is 0 Å². The lowest BCUT2D eigenvalue weighted by Crippen LogP contribution is -2.38. The lowest BCUT2D eigenvalue weighted by atomic mass is 9.83. The van der Waals surface area contributed by atoms with Gasteiger partial charge < -0.3 is 19.3 Å². The Morgan fingerprint density at radius 1 is 1.11 bits per heavy atom. The third kappa shape index (κ3) is 4.31. The minimum absolute atomic E-state index is 0.196. The Hall–Kier alpha value is -2.54. The molecule has 3 fully saturated rings. The molecule has 3 aromatic rings. The highest BCUT2D eigenvalue weighted by Gasteiger charge is 2.46. The number of rotatable bonds is 7. The summed E-state index contributed by atoms with van der Waals surface area (Å²) in [5, 5.41) is 14.9. The van der Waals surface area contributed by atoms with Gasteiger partial charge in [-0.3, -0.25) is 4.79 Å². The first-order valence-corrected chi connectivity index (χ1v) is 14.4. The molecule has 1 N–H and O–H groups in total.